The number of rotatable bonds is 10. The first-order chi connectivity index (χ1) is 13.6. The predicted octanol–water partition coefficient (Wildman–Crippen LogP) is 3.67. The molecular weight excluding hydrogens is 358 g/mol. The summed E-state index contributed by atoms with van der Waals surface area (Å²) in [4.78, 5) is 14.7. The first kappa shape index (κ1) is 19.9. The Morgan fingerprint density at radius 1 is 0.964 bits per heavy atom. The normalized spacial score (nSPS) is 13.0. The van der Waals surface area contributed by atoms with Crippen molar-refractivity contribution in [3.63, 3.8) is 0 Å². The topological polar surface area (TPSA) is 57.2 Å². The number of methoxy groups -OCH3 is 2. The van der Waals surface area contributed by atoms with Crippen molar-refractivity contribution < 1.29 is 23.7 Å². The Morgan fingerprint density at radius 3 is 2.18 bits per heavy atom. The van der Waals surface area contributed by atoms with E-state index in [0.29, 0.717) is 18.9 Å². The zero-order valence-electron chi connectivity index (χ0n) is 16.6. The van der Waals surface area contributed by atoms with Crippen LogP contribution in [0.1, 0.15) is 25.3 Å². The van der Waals surface area contributed by atoms with Crippen molar-refractivity contribution in [3.05, 3.63) is 48.0 Å². The third-order valence-corrected chi connectivity index (χ3v) is 4.63. The number of carbonyl (C=O) groups is 1. The second-order valence-corrected chi connectivity index (χ2v) is 6.62. The lowest BCUT2D eigenvalue weighted by Crippen LogP contribution is -2.36. The average Bonchev–Trinajstić information content (AvgIpc) is 3.56. The lowest BCUT2D eigenvalue weighted by Gasteiger charge is -2.24. The van der Waals surface area contributed by atoms with E-state index in [1.54, 1.807) is 14.2 Å². The number of ether oxygens (including phenoxy) is 4. The minimum Gasteiger partial charge on any atom is -0.497 e. The fourth-order valence-corrected chi connectivity index (χ4v) is 3.02. The molecule has 0 aromatic heterocycles. The van der Waals surface area contributed by atoms with Gasteiger partial charge >= 0.3 is 0 Å². The standard InChI is InChI=1S/C22H27NO5/c1-4-27-18-7-9-19(10-8-18)28-15-22(24)23(17-5-6-17)14-16-13-20(25-2)11-12-21(16)26-3/h7-13,17H,4-6,14-15H2,1-3H3. The summed E-state index contributed by atoms with van der Waals surface area (Å²) in [5.41, 5.74) is 0.920. The number of hydrogen-bond acceptors (Lipinski definition) is 5. The van der Waals surface area contributed by atoms with Crippen LogP contribution in [0.4, 0.5) is 0 Å². The fraction of sp³-hybridized carbons (Fsp3) is 0.409. The molecule has 1 fully saturated rings. The van der Waals surface area contributed by atoms with Crippen molar-refractivity contribution in [1.29, 1.82) is 0 Å². The summed E-state index contributed by atoms with van der Waals surface area (Å²) < 4.78 is 21.9. The minimum atomic E-state index is -0.0405. The molecule has 1 aliphatic rings. The molecule has 0 atom stereocenters. The van der Waals surface area contributed by atoms with Crippen LogP contribution in [0, 0.1) is 0 Å². The Balaban J connectivity index is 1.65. The highest BCUT2D eigenvalue weighted by molar-refractivity contribution is 5.78. The number of amides is 1. The molecule has 0 aliphatic heterocycles. The molecule has 1 aliphatic carbocycles. The van der Waals surface area contributed by atoms with Crippen molar-refractivity contribution in [1.82, 2.24) is 4.90 Å². The van der Waals surface area contributed by atoms with Gasteiger partial charge in [0, 0.05) is 18.2 Å². The highest BCUT2D eigenvalue weighted by atomic mass is 16.5. The Hall–Kier alpha value is -2.89. The molecule has 0 N–H and O–H groups in total. The van der Waals surface area contributed by atoms with Gasteiger partial charge in [-0.2, -0.15) is 0 Å². The fourth-order valence-electron chi connectivity index (χ4n) is 3.02. The van der Waals surface area contributed by atoms with Crippen molar-refractivity contribution >= 4 is 5.91 Å². The van der Waals surface area contributed by atoms with Gasteiger partial charge in [-0.05, 0) is 62.2 Å². The summed E-state index contributed by atoms with van der Waals surface area (Å²) in [7, 11) is 3.25. The first-order valence-corrected chi connectivity index (χ1v) is 9.50. The van der Waals surface area contributed by atoms with Gasteiger partial charge in [0.25, 0.3) is 5.91 Å². The van der Waals surface area contributed by atoms with Crippen LogP contribution in [-0.4, -0.2) is 44.3 Å². The molecule has 6 nitrogen and oxygen atoms in total. The van der Waals surface area contributed by atoms with E-state index < -0.39 is 0 Å². The Morgan fingerprint density at radius 2 is 1.61 bits per heavy atom. The molecule has 3 rings (SSSR count). The van der Waals surface area contributed by atoms with Crippen LogP contribution in [0.25, 0.3) is 0 Å². The summed E-state index contributed by atoms with van der Waals surface area (Å²) in [6.45, 7) is 3.02. The highest BCUT2D eigenvalue weighted by Crippen LogP contribution is 2.32. The molecule has 28 heavy (non-hydrogen) atoms. The quantitative estimate of drug-likeness (QED) is 0.625. The first-order valence-electron chi connectivity index (χ1n) is 9.50. The zero-order valence-corrected chi connectivity index (χ0v) is 16.6. The van der Waals surface area contributed by atoms with Gasteiger partial charge in [0.2, 0.25) is 0 Å². The van der Waals surface area contributed by atoms with Gasteiger partial charge in [0.15, 0.2) is 6.61 Å². The van der Waals surface area contributed by atoms with E-state index in [1.165, 1.54) is 0 Å². The monoisotopic (exact) mass is 385 g/mol. The van der Waals surface area contributed by atoms with Crippen molar-refractivity contribution in [2.75, 3.05) is 27.4 Å². The molecule has 2 aromatic rings. The van der Waals surface area contributed by atoms with E-state index in [2.05, 4.69) is 0 Å². The number of hydrogen-bond donors (Lipinski definition) is 0. The second kappa shape index (κ2) is 9.35. The maximum Gasteiger partial charge on any atom is 0.261 e. The Bertz CT molecular complexity index is 786. The van der Waals surface area contributed by atoms with Gasteiger partial charge in [-0.3, -0.25) is 4.79 Å². The molecule has 0 radical (unpaired) electrons. The maximum atomic E-state index is 12.8. The molecule has 6 heteroatoms. The number of benzene rings is 2. The lowest BCUT2D eigenvalue weighted by molar-refractivity contribution is -0.134. The molecule has 0 bridgehead atoms. The maximum absolute atomic E-state index is 12.8. The average molecular weight is 385 g/mol. The summed E-state index contributed by atoms with van der Waals surface area (Å²) in [5, 5.41) is 0. The van der Waals surface area contributed by atoms with Crippen LogP contribution in [-0.2, 0) is 11.3 Å². The third kappa shape index (κ3) is 5.09. The molecule has 0 unspecified atom stereocenters. The Kier molecular flexibility index (Phi) is 6.63. The molecule has 150 valence electrons. The van der Waals surface area contributed by atoms with Gasteiger partial charge in [-0.25, -0.2) is 0 Å². The minimum absolute atomic E-state index is 0.00321. The highest BCUT2D eigenvalue weighted by Gasteiger charge is 2.33. The van der Waals surface area contributed by atoms with Crippen LogP contribution in [0.2, 0.25) is 0 Å². The zero-order chi connectivity index (χ0) is 19.9. The van der Waals surface area contributed by atoms with E-state index in [-0.39, 0.29) is 18.6 Å². The summed E-state index contributed by atoms with van der Waals surface area (Å²) >= 11 is 0. The second-order valence-electron chi connectivity index (χ2n) is 6.62. The van der Waals surface area contributed by atoms with E-state index >= 15 is 0 Å². The SMILES string of the molecule is CCOc1ccc(OCC(=O)N(Cc2cc(OC)ccc2OC)C2CC2)cc1. The molecular formula is C22H27NO5. The molecule has 0 spiro atoms. The van der Waals surface area contributed by atoms with Crippen LogP contribution in [0.3, 0.4) is 0 Å². The van der Waals surface area contributed by atoms with E-state index in [9.17, 15) is 4.79 Å². The van der Waals surface area contributed by atoms with Crippen LogP contribution < -0.4 is 18.9 Å². The summed E-state index contributed by atoms with van der Waals surface area (Å²) in [6, 6.07) is 13.2. The summed E-state index contributed by atoms with van der Waals surface area (Å²) in [5.74, 6) is 2.87. The van der Waals surface area contributed by atoms with E-state index in [1.807, 2.05) is 54.3 Å². The predicted molar refractivity (Wildman–Crippen MR) is 106 cm³/mol. The van der Waals surface area contributed by atoms with Gasteiger partial charge in [-0.1, -0.05) is 0 Å². The molecule has 2 aromatic carbocycles. The smallest absolute Gasteiger partial charge is 0.261 e. The van der Waals surface area contributed by atoms with Gasteiger partial charge in [0.1, 0.15) is 23.0 Å². The van der Waals surface area contributed by atoms with Gasteiger partial charge in [0.05, 0.1) is 20.8 Å². The van der Waals surface area contributed by atoms with Crippen LogP contribution >= 0.6 is 0 Å². The molecule has 0 saturated heterocycles. The number of nitrogens with zero attached hydrogens (tertiary/aromatic N) is 1. The molecule has 1 saturated carbocycles. The molecule has 1 amide bonds. The third-order valence-electron chi connectivity index (χ3n) is 4.63. The van der Waals surface area contributed by atoms with Crippen LogP contribution in [0.5, 0.6) is 23.0 Å². The van der Waals surface area contributed by atoms with Crippen LogP contribution in [0.15, 0.2) is 42.5 Å². The van der Waals surface area contributed by atoms with Gasteiger partial charge in [-0.15, -0.1) is 0 Å². The summed E-state index contributed by atoms with van der Waals surface area (Å²) in [6.07, 6.45) is 2.03. The lowest BCUT2D eigenvalue weighted by atomic mass is 10.1. The Labute approximate surface area is 166 Å². The van der Waals surface area contributed by atoms with Crippen molar-refractivity contribution in [3.8, 4) is 23.0 Å². The van der Waals surface area contributed by atoms with E-state index in [0.717, 1.165) is 35.7 Å². The van der Waals surface area contributed by atoms with E-state index in [4.69, 9.17) is 18.9 Å². The van der Waals surface area contributed by atoms with Crippen molar-refractivity contribution in [2.24, 2.45) is 0 Å². The van der Waals surface area contributed by atoms with Crippen molar-refractivity contribution in [2.45, 2.75) is 32.4 Å². The van der Waals surface area contributed by atoms with Gasteiger partial charge < -0.3 is 23.8 Å². The molecule has 0 heterocycles. The largest absolute Gasteiger partial charge is 0.497 e. The number of carbonyl (C=O) groups excluding carboxylic acids is 1.